The second-order valence-electron chi connectivity index (χ2n) is 10.1. The summed E-state index contributed by atoms with van der Waals surface area (Å²) in [4.78, 5) is 30.0. The number of carboxylic acids is 1. The van der Waals surface area contributed by atoms with Crippen LogP contribution in [0.25, 0.3) is 6.08 Å². The Morgan fingerprint density at radius 2 is 1.80 bits per heavy atom. The van der Waals surface area contributed by atoms with Gasteiger partial charge in [0.2, 0.25) is 0 Å². The van der Waals surface area contributed by atoms with Crippen molar-refractivity contribution in [1.82, 2.24) is 4.90 Å². The average molecular weight is 559 g/mol. The van der Waals surface area contributed by atoms with Crippen LogP contribution in [0.2, 0.25) is 0 Å². The molecule has 8 heteroatoms. The largest absolute Gasteiger partial charge is 0.489 e. The van der Waals surface area contributed by atoms with Crippen LogP contribution in [0.4, 0.5) is 10.1 Å². The molecule has 0 radical (unpaired) electrons. The Morgan fingerprint density at radius 3 is 2.48 bits per heavy atom. The quantitative estimate of drug-likeness (QED) is 0.293. The number of rotatable bonds is 8. The molecule has 0 spiro atoms. The number of amidine groups is 1. The molecule has 1 N–H and O–H groups in total. The predicted molar refractivity (Wildman–Crippen MR) is 156 cm³/mol. The summed E-state index contributed by atoms with van der Waals surface area (Å²) in [7, 11) is 1.61. The van der Waals surface area contributed by atoms with Crippen molar-refractivity contribution in [3.8, 4) is 5.75 Å². The molecule has 0 unspecified atom stereocenters. The summed E-state index contributed by atoms with van der Waals surface area (Å²) in [6, 6.07) is 20.5. The summed E-state index contributed by atoms with van der Waals surface area (Å²) in [5.74, 6) is -0.517. The first-order valence-corrected chi connectivity index (χ1v) is 14.3. The van der Waals surface area contributed by atoms with Crippen molar-refractivity contribution in [3.63, 3.8) is 0 Å². The van der Waals surface area contributed by atoms with E-state index in [0.717, 1.165) is 16.9 Å². The van der Waals surface area contributed by atoms with Gasteiger partial charge in [0.05, 0.1) is 17.0 Å². The minimum Gasteiger partial charge on any atom is -0.489 e. The summed E-state index contributed by atoms with van der Waals surface area (Å²) in [5, 5.41) is 9.30. The molecular formula is C32H31FN2O4S. The molecule has 0 atom stereocenters. The highest BCUT2D eigenvalue weighted by Crippen LogP contribution is 2.34. The van der Waals surface area contributed by atoms with E-state index in [0.29, 0.717) is 28.3 Å². The zero-order chi connectivity index (χ0) is 28.1. The Hall–Kier alpha value is -3.91. The Bertz CT molecular complexity index is 1440. The molecule has 6 nitrogen and oxygen atoms in total. The van der Waals surface area contributed by atoms with E-state index in [4.69, 9.17) is 9.84 Å². The van der Waals surface area contributed by atoms with Crippen molar-refractivity contribution in [2.45, 2.75) is 51.0 Å². The van der Waals surface area contributed by atoms with Gasteiger partial charge in [0, 0.05) is 7.05 Å². The smallest absolute Gasteiger partial charge is 0.307 e. The zero-order valence-corrected chi connectivity index (χ0v) is 23.1. The fourth-order valence-electron chi connectivity index (χ4n) is 4.97. The number of halogens is 1. The molecule has 2 fully saturated rings. The third kappa shape index (κ3) is 6.80. The number of hydrogen-bond acceptors (Lipinski definition) is 5. The third-order valence-corrected chi connectivity index (χ3v) is 8.31. The van der Waals surface area contributed by atoms with Gasteiger partial charge in [-0.1, -0.05) is 61.7 Å². The number of likely N-dealkylation sites (N-methyl/N-ethyl adjacent to an activating group) is 1. The number of carbonyl (C=O) groups excluding carboxylic acids is 1. The maximum Gasteiger partial charge on any atom is 0.307 e. The van der Waals surface area contributed by atoms with Crippen LogP contribution in [0.1, 0.15) is 60.3 Å². The first-order chi connectivity index (χ1) is 19.4. The Balaban J connectivity index is 1.19. The summed E-state index contributed by atoms with van der Waals surface area (Å²) >= 11 is 1.20. The fraction of sp³-hybridized carbons (Fsp3) is 0.281. The molecule has 2 aliphatic rings. The number of carbonyl (C=O) groups is 2. The molecule has 40 heavy (non-hydrogen) atoms. The number of hydrogen-bond donors (Lipinski definition) is 1. The fourth-order valence-corrected chi connectivity index (χ4v) is 5.96. The van der Waals surface area contributed by atoms with Gasteiger partial charge in [0.15, 0.2) is 5.17 Å². The van der Waals surface area contributed by atoms with Crippen LogP contribution in [0.15, 0.2) is 76.6 Å². The Morgan fingerprint density at radius 1 is 1.07 bits per heavy atom. The van der Waals surface area contributed by atoms with Gasteiger partial charge in [0.25, 0.3) is 5.91 Å². The molecule has 3 aromatic carbocycles. The van der Waals surface area contributed by atoms with Gasteiger partial charge in [-0.2, -0.15) is 0 Å². The number of aliphatic carboxylic acids is 1. The lowest BCUT2D eigenvalue weighted by atomic mass is 9.84. The zero-order valence-electron chi connectivity index (χ0n) is 22.3. The average Bonchev–Trinajstić information content (AvgIpc) is 3.22. The normalized spacial score (nSPS) is 18.1. The van der Waals surface area contributed by atoms with E-state index in [1.54, 1.807) is 19.2 Å². The second-order valence-corrected chi connectivity index (χ2v) is 11.2. The van der Waals surface area contributed by atoms with Gasteiger partial charge in [-0.05, 0) is 83.1 Å². The van der Waals surface area contributed by atoms with Crippen LogP contribution in [0, 0.1) is 5.82 Å². The van der Waals surface area contributed by atoms with Crippen LogP contribution in [0.3, 0.4) is 0 Å². The SMILES string of the molecule is CN1C(=O)C(=Cc2ccc(OCc3ccc(C4CCCCC4)cc3)cc2)SC1=Nc1ccc(CC(=O)O)c(F)c1. The van der Waals surface area contributed by atoms with Gasteiger partial charge in [-0.3, -0.25) is 14.5 Å². The number of thioether (sulfide) groups is 1. The lowest BCUT2D eigenvalue weighted by Crippen LogP contribution is -2.23. The summed E-state index contributed by atoms with van der Waals surface area (Å²) < 4.78 is 20.2. The standard InChI is InChI=1S/C32H31FN2O4S/c1-35-31(38)29(40-32(35)34-26-14-13-25(18-30(36)37)28(33)19-26)17-21-9-15-27(16-10-21)39-20-22-7-11-24(12-8-22)23-5-3-2-4-6-23/h7-17,19,23H,2-6,18,20H2,1H3,(H,36,37). The number of ether oxygens (including phenoxy) is 1. The predicted octanol–water partition coefficient (Wildman–Crippen LogP) is 7.31. The molecule has 1 saturated heterocycles. The molecular weight excluding hydrogens is 527 g/mol. The summed E-state index contributed by atoms with van der Waals surface area (Å²) in [6.45, 7) is 0.488. The van der Waals surface area contributed by atoms with E-state index >= 15 is 0 Å². The van der Waals surface area contributed by atoms with Crippen LogP contribution < -0.4 is 4.74 Å². The van der Waals surface area contributed by atoms with Crippen LogP contribution >= 0.6 is 11.8 Å². The topological polar surface area (TPSA) is 79.2 Å². The van der Waals surface area contributed by atoms with E-state index in [9.17, 15) is 14.0 Å². The highest BCUT2D eigenvalue weighted by atomic mass is 32.2. The van der Waals surface area contributed by atoms with Gasteiger partial charge in [0.1, 0.15) is 18.2 Å². The van der Waals surface area contributed by atoms with Gasteiger partial charge in [-0.25, -0.2) is 9.38 Å². The maximum atomic E-state index is 14.3. The summed E-state index contributed by atoms with van der Waals surface area (Å²) in [5.41, 5.74) is 3.80. The molecule has 0 bridgehead atoms. The van der Waals surface area contributed by atoms with E-state index in [1.807, 2.05) is 24.3 Å². The molecule has 1 aliphatic heterocycles. The number of carboxylic acid groups (broad SMARTS) is 1. The van der Waals surface area contributed by atoms with Crippen molar-refractivity contribution in [2.75, 3.05) is 7.05 Å². The van der Waals surface area contributed by atoms with Crippen LogP contribution in [0.5, 0.6) is 5.75 Å². The van der Waals surface area contributed by atoms with E-state index in [-0.39, 0.29) is 11.5 Å². The number of aliphatic imine (C=N–C) groups is 1. The van der Waals surface area contributed by atoms with Crippen molar-refractivity contribution in [2.24, 2.45) is 4.99 Å². The molecule has 0 aromatic heterocycles. The Labute approximate surface area is 237 Å². The first kappa shape index (κ1) is 27.6. The summed E-state index contributed by atoms with van der Waals surface area (Å²) in [6.07, 6.45) is 7.97. The number of benzene rings is 3. The van der Waals surface area contributed by atoms with Crippen molar-refractivity contribution in [1.29, 1.82) is 0 Å². The van der Waals surface area contributed by atoms with Crippen molar-refractivity contribution < 1.29 is 23.8 Å². The molecule has 206 valence electrons. The first-order valence-electron chi connectivity index (χ1n) is 13.4. The third-order valence-electron chi connectivity index (χ3n) is 7.25. The highest BCUT2D eigenvalue weighted by molar-refractivity contribution is 8.18. The molecule has 1 saturated carbocycles. The van der Waals surface area contributed by atoms with Crippen molar-refractivity contribution in [3.05, 3.63) is 99.7 Å². The lowest BCUT2D eigenvalue weighted by Gasteiger charge is -2.22. The lowest BCUT2D eigenvalue weighted by molar-refractivity contribution is -0.136. The van der Waals surface area contributed by atoms with Gasteiger partial charge in [-0.15, -0.1) is 0 Å². The molecule has 1 aliphatic carbocycles. The highest BCUT2D eigenvalue weighted by Gasteiger charge is 2.30. The van der Waals surface area contributed by atoms with E-state index in [1.165, 1.54) is 66.5 Å². The molecule has 5 rings (SSSR count). The van der Waals surface area contributed by atoms with Crippen LogP contribution in [-0.2, 0) is 22.6 Å². The van der Waals surface area contributed by atoms with E-state index < -0.39 is 18.2 Å². The monoisotopic (exact) mass is 558 g/mol. The molecule has 1 heterocycles. The van der Waals surface area contributed by atoms with E-state index in [2.05, 4.69) is 29.3 Å². The second kappa shape index (κ2) is 12.5. The maximum absolute atomic E-state index is 14.3. The van der Waals surface area contributed by atoms with Gasteiger partial charge >= 0.3 is 5.97 Å². The minimum atomic E-state index is -1.11. The number of nitrogens with zero attached hydrogens (tertiary/aromatic N) is 2. The minimum absolute atomic E-state index is 0.0838. The molecule has 3 aromatic rings. The van der Waals surface area contributed by atoms with Gasteiger partial charge < -0.3 is 9.84 Å². The Kier molecular flexibility index (Phi) is 8.65. The van der Waals surface area contributed by atoms with Crippen LogP contribution in [-0.4, -0.2) is 34.1 Å². The molecule has 1 amide bonds. The van der Waals surface area contributed by atoms with Crippen molar-refractivity contribution >= 4 is 40.6 Å². The number of amides is 1.